The molecule has 0 saturated carbocycles. The van der Waals surface area contributed by atoms with Crippen LogP contribution in [-0.2, 0) is 6.42 Å². The number of anilines is 1. The highest BCUT2D eigenvalue weighted by Crippen LogP contribution is 2.36. The van der Waals surface area contributed by atoms with Crippen LogP contribution < -0.4 is 10.5 Å². The fourth-order valence-corrected chi connectivity index (χ4v) is 3.13. The third-order valence-corrected chi connectivity index (χ3v) is 4.26. The van der Waals surface area contributed by atoms with Crippen LogP contribution >= 0.6 is 0 Å². The van der Waals surface area contributed by atoms with Crippen molar-refractivity contribution >= 4 is 5.82 Å². The summed E-state index contributed by atoms with van der Waals surface area (Å²) in [5.41, 5.74) is 11.0. The zero-order chi connectivity index (χ0) is 16.7. The lowest BCUT2D eigenvalue weighted by Crippen LogP contribution is -2.05. The van der Waals surface area contributed by atoms with Gasteiger partial charge in [-0.3, -0.25) is 0 Å². The minimum atomic E-state index is 0.184. The summed E-state index contributed by atoms with van der Waals surface area (Å²) in [6.45, 7) is 2.05. The largest absolute Gasteiger partial charge is 0.490 e. The van der Waals surface area contributed by atoms with Gasteiger partial charge in [0.05, 0.1) is 5.69 Å². The quantitative estimate of drug-likeness (QED) is 0.757. The molecule has 5 nitrogen and oxygen atoms in total. The second kappa shape index (κ2) is 5.43. The summed E-state index contributed by atoms with van der Waals surface area (Å²) in [7, 11) is 0. The van der Waals surface area contributed by atoms with E-state index in [1.807, 2.05) is 36.7 Å². The number of nitrogens with one attached hydrogen (secondary N) is 1. The third kappa shape index (κ3) is 2.29. The van der Waals surface area contributed by atoms with Crippen LogP contribution in [0.25, 0.3) is 22.4 Å². The van der Waals surface area contributed by atoms with Gasteiger partial charge in [0.15, 0.2) is 0 Å². The molecule has 1 atom stereocenters. The van der Waals surface area contributed by atoms with E-state index >= 15 is 0 Å². The molecular weight excluding hydrogens is 300 g/mol. The van der Waals surface area contributed by atoms with Gasteiger partial charge in [0.2, 0.25) is 0 Å². The first-order valence-corrected chi connectivity index (χ1v) is 7.79. The van der Waals surface area contributed by atoms with E-state index in [0.717, 1.165) is 40.1 Å². The Balaban J connectivity index is 1.88. The van der Waals surface area contributed by atoms with Crippen molar-refractivity contribution in [2.75, 3.05) is 5.73 Å². The molecular formula is C19H16N4O. The van der Waals surface area contributed by atoms with E-state index < -0.39 is 0 Å². The number of aromatic amines is 1. The van der Waals surface area contributed by atoms with Gasteiger partial charge in [-0.1, -0.05) is 6.07 Å². The molecule has 1 aromatic carbocycles. The van der Waals surface area contributed by atoms with Crippen molar-refractivity contribution in [1.82, 2.24) is 9.97 Å². The van der Waals surface area contributed by atoms with Crippen molar-refractivity contribution < 1.29 is 4.74 Å². The van der Waals surface area contributed by atoms with Gasteiger partial charge in [-0.25, -0.2) is 4.98 Å². The number of ether oxygens (including phenoxy) is 1. The van der Waals surface area contributed by atoms with Crippen molar-refractivity contribution in [3.63, 3.8) is 0 Å². The number of rotatable bonds is 2. The molecule has 0 amide bonds. The highest BCUT2D eigenvalue weighted by molar-refractivity contribution is 5.80. The van der Waals surface area contributed by atoms with Crippen molar-refractivity contribution in [2.24, 2.45) is 0 Å². The molecule has 0 spiro atoms. The van der Waals surface area contributed by atoms with E-state index in [2.05, 4.69) is 29.0 Å². The number of nitrogen functional groups attached to an aromatic ring is 1. The van der Waals surface area contributed by atoms with Crippen LogP contribution in [0.1, 0.15) is 18.1 Å². The lowest BCUT2D eigenvalue weighted by Gasteiger charge is -2.10. The van der Waals surface area contributed by atoms with Crippen LogP contribution in [0.3, 0.4) is 0 Å². The van der Waals surface area contributed by atoms with E-state index in [1.54, 1.807) is 0 Å². The molecule has 3 N–H and O–H groups in total. The Hall–Kier alpha value is -3.26. The summed E-state index contributed by atoms with van der Waals surface area (Å²) in [6.07, 6.45) is 4.74. The Morgan fingerprint density at radius 1 is 1.29 bits per heavy atom. The molecule has 0 aliphatic carbocycles. The number of hydrogen-bond acceptors (Lipinski definition) is 4. The summed E-state index contributed by atoms with van der Waals surface area (Å²) in [5, 5.41) is 9.52. The first kappa shape index (κ1) is 14.3. The van der Waals surface area contributed by atoms with Crippen molar-refractivity contribution in [3.8, 4) is 34.2 Å². The predicted octanol–water partition coefficient (Wildman–Crippen LogP) is 3.52. The van der Waals surface area contributed by atoms with E-state index in [9.17, 15) is 5.26 Å². The van der Waals surface area contributed by atoms with Crippen LogP contribution in [0.4, 0.5) is 5.82 Å². The van der Waals surface area contributed by atoms with E-state index in [-0.39, 0.29) is 11.9 Å². The van der Waals surface area contributed by atoms with Crippen molar-refractivity contribution in [1.29, 1.82) is 5.26 Å². The number of fused-ring (bicyclic) bond motifs is 1. The number of nitrogens with two attached hydrogens (primary N) is 1. The van der Waals surface area contributed by atoms with E-state index in [0.29, 0.717) is 5.56 Å². The maximum atomic E-state index is 9.52. The SMILES string of the molecule is C[C@H]1Cc2cc(-c3cc(-c4cc[nH]c4)nc(N)c3C#N)ccc2O1. The maximum Gasteiger partial charge on any atom is 0.142 e. The zero-order valence-corrected chi connectivity index (χ0v) is 13.2. The van der Waals surface area contributed by atoms with Gasteiger partial charge >= 0.3 is 0 Å². The Bertz CT molecular complexity index is 954. The molecule has 1 aliphatic heterocycles. The summed E-state index contributed by atoms with van der Waals surface area (Å²) in [6, 6.07) is 12.0. The Labute approximate surface area is 139 Å². The monoisotopic (exact) mass is 316 g/mol. The average Bonchev–Trinajstić information content (AvgIpc) is 3.21. The van der Waals surface area contributed by atoms with E-state index in [4.69, 9.17) is 10.5 Å². The fourth-order valence-electron chi connectivity index (χ4n) is 3.13. The molecule has 1 aliphatic rings. The predicted molar refractivity (Wildman–Crippen MR) is 92.4 cm³/mol. The minimum absolute atomic E-state index is 0.184. The minimum Gasteiger partial charge on any atom is -0.490 e. The van der Waals surface area contributed by atoms with Crippen LogP contribution in [0, 0.1) is 11.3 Å². The third-order valence-electron chi connectivity index (χ3n) is 4.26. The zero-order valence-electron chi connectivity index (χ0n) is 13.2. The van der Waals surface area contributed by atoms with Gasteiger partial charge < -0.3 is 15.5 Å². The number of pyridine rings is 1. The second-order valence-corrected chi connectivity index (χ2v) is 5.98. The summed E-state index contributed by atoms with van der Waals surface area (Å²) >= 11 is 0. The number of nitrogens with zero attached hydrogens (tertiary/aromatic N) is 2. The molecule has 0 bridgehead atoms. The standard InChI is InChI=1S/C19H16N4O/c1-11-6-14-7-12(2-3-18(14)24-11)15-8-17(13-4-5-22-10-13)23-19(21)16(15)9-20/h2-5,7-8,10-11,22H,6H2,1H3,(H2,21,23)/t11-/m0/s1. The lowest BCUT2D eigenvalue weighted by molar-refractivity contribution is 0.254. The molecule has 3 heterocycles. The lowest BCUT2D eigenvalue weighted by atomic mass is 9.96. The molecule has 0 radical (unpaired) electrons. The van der Waals surface area contributed by atoms with Gasteiger partial charge in [0.25, 0.3) is 0 Å². The van der Waals surface area contributed by atoms with Gasteiger partial charge in [0.1, 0.15) is 29.3 Å². The topological polar surface area (TPSA) is 87.7 Å². The molecule has 4 rings (SSSR count). The van der Waals surface area contributed by atoms with Crippen molar-refractivity contribution in [3.05, 3.63) is 53.9 Å². The van der Waals surface area contributed by atoms with Crippen molar-refractivity contribution in [2.45, 2.75) is 19.4 Å². The van der Waals surface area contributed by atoms with Crippen LogP contribution in [0.5, 0.6) is 5.75 Å². The molecule has 24 heavy (non-hydrogen) atoms. The number of aromatic nitrogens is 2. The number of benzene rings is 1. The fraction of sp³-hybridized carbons (Fsp3) is 0.158. The van der Waals surface area contributed by atoms with E-state index in [1.165, 1.54) is 0 Å². The Kier molecular flexibility index (Phi) is 3.24. The highest BCUT2D eigenvalue weighted by Gasteiger charge is 2.21. The van der Waals surface area contributed by atoms with Crippen LogP contribution in [0.2, 0.25) is 0 Å². The normalized spacial score (nSPS) is 15.6. The molecule has 2 aromatic heterocycles. The van der Waals surface area contributed by atoms with Crippen LogP contribution in [0.15, 0.2) is 42.7 Å². The molecule has 0 unspecified atom stereocenters. The molecule has 0 fully saturated rings. The smallest absolute Gasteiger partial charge is 0.142 e. The number of nitriles is 1. The average molecular weight is 316 g/mol. The van der Waals surface area contributed by atoms with Crippen LogP contribution in [-0.4, -0.2) is 16.1 Å². The summed E-state index contributed by atoms with van der Waals surface area (Å²) in [4.78, 5) is 7.38. The Morgan fingerprint density at radius 2 is 2.17 bits per heavy atom. The first-order valence-electron chi connectivity index (χ1n) is 7.79. The van der Waals surface area contributed by atoms with Gasteiger partial charge in [-0.05, 0) is 42.3 Å². The number of H-pyrrole nitrogens is 1. The Morgan fingerprint density at radius 3 is 2.92 bits per heavy atom. The molecule has 118 valence electrons. The van der Waals surface area contributed by atoms with Gasteiger partial charge in [0, 0.05) is 29.9 Å². The number of hydrogen-bond donors (Lipinski definition) is 2. The summed E-state index contributed by atoms with van der Waals surface area (Å²) < 4.78 is 5.75. The first-order chi connectivity index (χ1) is 11.7. The summed E-state index contributed by atoms with van der Waals surface area (Å²) in [5.74, 6) is 1.16. The molecule has 0 saturated heterocycles. The maximum absolute atomic E-state index is 9.52. The molecule has 5 heteroatoms. The second-order valence-electron chi connectivity index (χ2n) is 5.98. The van der Waals surface area contributed by atoms with Gasteiger partial charge in [-0.2, -0.15) is 5.26 Å². The molecule has 3 aromatic rings. The van der Waals surface area contributed by atoms with Gasteiger partial charge in [-0.15, -0.1) is 0 Å². The highest BCUT2D eigenvalue weighted by atomic mass is 16.5.